The van der Waals surface area contributed by atoms with Crippen molar-refractivity contribution in [3.05, 3.63) is 52.5 Å². The maximum atomic E-state index is 11.9. The van der Waals surface area contributed by atoms with Gasteiger partial charge in [-0.05, 0) is 12.5 Å². The van der Waals surface area contributed by atoms with Crippen molar-refractivity contribution in [1.82, 2.24) is 10.3 Å². The standard InChI is InChI=1S/C14H16N2O3S2/c1-11(12-5-3-2-4-6-12)16-14(17)9-21(18,19)8-13-7-20-10-15-13/h2-7,10-11H,8-9H2,1H3,(H,16,17)/t11-/m0/s1. The number of nitrogens with one attached hydrogen (secondary N) is 1. The molecule has 21 heavy (non-hydrogen) atoms. The van der Waals surface area contributed by atoms with Crippen molar-refractivity contribution in [2.75, 3.05) is 5.75 Å². The number of aromatic nitrogens is 1. The molecule has 1 heterocycles. The monoisotopic (exact) mass is 324 g/mol. The fourth-order valence-electron chi connectivity index (χ4n) is 1.89. The molecular weight excluding hydrogens is 308 g/mol. The lowest BCUT2D eigenvalue weighted by molar-refractivity contribution is -0.119. The van der Waals surface area contributed by atoms with Crippen LogP contribution >= 0.6 is 11.3 Å². The third-order valence-corrected chi connectivity index (χ3v) is 4.95. The molecule has 0 aliphatic heterocycles. The molecule has 0 spiro atoms. The van der Waals surface area contributed by atoms with Crippen LogP contribution in [0.5, 0.6) is 0 Å². The molecule has 2 aromatic rings. The third-order valence-electron chi connectivity index (χ3n) is 2.88. The Morgan fingerprint density at radius 3 is 2.67 bits per heavy atom. The van der Waals surface area contributed by atoms with Crippen molar-refractivity contribution in [1.29, 1.82) is 0 Å². The van der Waals surface area contributed by atoms with Gasteiger partial charge < -0.3 is 5.32 Å². The van der Waals surface area contributed by atoms with E-state index in [1.807, 2.05) is 37.3 Å². The molecule has 1 N–H and O–H groups in total. The average molecular weight is 324 g/mol. The second kappa shape index (κ2) is 6.82. The van der Waals surface area contributed by atoms with E-state index in [4.69, 9.17) is 0 Å². The summed E-state index contributed by atoms with van der Waals surface area (Å²) in [6.07, 6.45) is 0. The Balaban J connectivity index is 1.92. The van der Waals surface area contributed by atoms with Crippen LogP contribution in [0, 0.1) is 0 Å². The number of benzene rings is 1. The van der Waals surface area contributed by atoms with Crippen LogP contribution in [0.25, 0.3) is 0 Å². The minimum atomic E-state index is -3.50. The van der Waals surface area contributed by atoms with Crippen LogP contribution < -0.4 is 5.32 Å². The van der Waals surface area contributed by atoms with E-state index in [2.05, 4.69) is 10.3 Å². The first-order valence-corrected chi connectivity index (χ1v) is 9.14. The summed E-state index contributed by atoms with van der Waals surface area (Å²) in [5, 5.41) is 4.36. The molecule has 1 aromatic heterocycles. The highest BCUT2D eigenvalue weighted by molar-refractivity contribution is 7.91. The summed E-state index contributed by atoms with van der Waals surface area (Å²) in [7, 11) is -3.50. The SMILES string of the molecule is C[C@H](NC(=O)CS(=O)(=O)Cc1cscn1)c1ccccc1. The van der Waals surface area contributed by atoms with E-state index < -0.39 is 21.5 Å². The molecule has 2 rings (SSSR count). The number of hydrogen-bond donors (Lipinski definition) is 1. The van der Waals surface area contributed by atoms with Gasteiger partial charge in [0.05, 0.1) is 23.0 Å². The van der Waals surface area contributed by atoms with Crippen molar-refractivity contribution >= 4 is 27.1 Å². The molecule has 0 bridgehead atoms. The molecule has 1 atom stereocenters. The first-order valence-electron chi connectivity index (χ1n) is 6.38. The lowest BCUT2D eigenvalue weighted by Gasteiger charge is -2.14. The normalized spacial score (nSPS) is 12.8. The van der Waals surface area contributed by atoms with Gasteiger partial charge in [-0.15, -0.1) is 11.3 Å². The van der Waals surface area contributed by atoms with Crippen molar-refractivity contribution < 1.29 is 13.2 Å². The van der Waals surface area contributed by atoms with Crippen molar-refractivity contribution in [3.63, 3.8) is 0 Å². The van der Waals surface area contributed by atoms with E-state index >= 15 is 0 Å². The fraction of sp³-hybridized carbons (Fsp3) is 0.286. The Kier molecular flexibility index (Phi) is 5.08. The lowest BCUT2D eigenvalue weighted by atomic mass is 10.1. The zero-order valence-electron chi connectivity index (χ0n) is 11.5. The second-order valence-corrected chi connectivity index (χ2v) is 7.50. The summed E-state index contributed by atoms with van der Waals surface area (Å²) in [6, 6.07) is 9.17. The van der Waals surface area contributed by atoms with Gasteiger partial charge in [0.15, 0.2) is 9.84 Å². The second-order valence-electron chi connectivity index (χ2n) is 4.71. The number of hydrogen-bond acceptors (Lipinski definition) is 5. The van der Waals surface area contributed by atoms with Crippen LogP contribution in [0.15, 0.2) is 41.2 Å². The van der Waals surface area contributed by atoms with Crippen LogP contribution in [0.4, 0.5) is 0 Å². The summed E-state index contributed by atoms with van der Waals surface area (Å²) in [5.74, 6) is -1.23. The van der Waals surface area contributed by atoms with Crippen LogP contribution in [0.3, 0.4) is 0 Å². The van der Waals surface area contributed by atoms with Crippen molar-refractivity contribution in [2.24, 2.45) is 0 Å². The van der Waals surface area contributed by atoms with Crippen LogP contribution in [-0.2, 0) is 20.4 Å². The number of nitrogens with zero attached hydrogens (tertiary/aromatic N) is 1. The van der Waals surface area contributed by atoms with E-state index in [0.29, 0.717) is 5.69 Å². The molecule has 0 unspecified atom stereocenters. The van der Waals surface area contributed by atoms with Gasteiger partial charge in [0.2, 0.25) is 5.91 Å². The topological polar surface area (TPSA) is 76.1 Å². The Bertz CT molecular complexity index is 682. The van der Waals surface area contributed by atoms with Crippen LogP contribution in [0.2, 0.25) is 0 Å². The first kappa shape index (κ1) is 15.7. The number of thiazole rings is 1. The molecule has 1 aromatic carbocycles. The van der Waals surface area contributed by atoms with Gasteiger partial charge in [-0.3, -0.25) is 4.79 Å². The quantitative estimate of drug-likeness (QED) is 0.881. The molecule has 0 saturated carbocycles. The molecule has 1 amide bonds. The highest BCUT2D eigenvalue weighted by Gasteiger charge is 2.19. The van der Waals surface area contributed by atoms with E-state index in [1.54, 1.807) is 10.9 Å². The van der Waals surface area contributed by atoms with Gasteiger partial charge in [0, 0.05) is 5.38 Å². The summed E-state index contributed by atoms with van der Waals surface area (Å²) in [4.78, 5) is 15.8. The first-order chi connectivity index (χ1) is 9.96. The van der Waals surface area contributed by atoms with Gasteiger partial charge in [-0.2, -0.15) is 0 Å². The molecule has 0 saturated heterocycles. The Hall–Kier alpha value is -1.73. The maximum absolute atomic E-state index is 11.9. The Labute approximate surface area is 128 Å². The molecule has 112 valence electrons. The number of rotatable bonds is 6. The molecular formula is C14H16N2O3S2. The fourth-order valence-corrected chi connectivity index (χ4v) is 3.75. The summed E-state index contributed by atoms with van der Waals surface area (Å²) < 4.78 is 23.9. The van der Waals surface area contributed by atoms with Crippen LogP contribution in [0.1, 0.15) is 24.2 Å². The zero-order chi connectivity index (χ0) is 15.3. The number of amides is 1. The van der Waals surface area contributed by atoms with Gasteiger partial charge in [0.1, 0.15) is 5.75 Å². The highest BCUT2D eigenvalue weighted by Crippen LogP contribution is 2.12. The number of carbonyl (C=O) groups is 1. The number of carbonyl (C=O) groups excluding carboxylic acids is 1. The minimum Gasteiger partial charge on any atom is -0.349 e. The van der Waals surface area contributed by atoms with Crippen molar-refractivity contribution in [3.8, 4) is 0 Å². The third kappa shape index (κ3) is 4.95. The highest BCUT2D eigenvalue weighted by atomic mass is 32.2. The molecule has 0 aliphatic rings. The van der Waals surface area contributed by atoms with Gasteiger partial charge in [-0.1, -0.05) is 30.3 Å². The van der Waals surface area contributed by atoms with E-state index in [1.165, 1.54) is 11.3 Å². The van der Waals surface area contributed by atoms with E-state index in [0.717, 1.165) is 5.56 Å². The smallest absolute Gasteiger partial charge is 0.235 e. The van der Waals surface area contributed by atoms with E-state index in [9.17, 15) is 13.2 Å². The molecule has 7 heteroatoms. The zero-order valence-corrected chi connectivity index (χ0v) is 13.2. The summed E-state index contributed by atoms with van der Waals surface area (Å²) >= 11 is 1.33. The van der Waals surface area contributed by atoms with Gasteiger partial charge >= 0.3 is 0 Å². The molecule has 5 nitrogen and oxygen atoms in total. The molecule has 0 radical (unpaired) electrons. The largest absolute Gasteiger partial charge is 0.349 e. The molecule has 0 aliphatic carbocycles. The van der Waals surface area contributed by atoms with Crippen molar-refractivity contribution in [2.45, 2.75) is 18.7 Å². The maximum Gasteiger partial charge on any atom is 0.235 e. The van der Waals surface area contributed by atoms with Gasteiger partial charge in [0.25, 0.3) is 0 Å². The Morgan fingerprint density at radius 2 is 2.05 bits per heavy atom. The van der Waals surface area contributed by atoms with Gasteiger partial charge in [-0.25, -0.2) is 13.4 Å². The minimum absolute atomic E-state index is 0.205. The lowest BCUT2D eigenvalue weighted by Crippen LogP contribution is -2.32. The van der Waals surface area contributed by atoms with Crippen LogP contribution in [-0.4, -0.2) is 25.1 Å². The number of sulfone groups is 1. The average Bonchev–Trinajstić information content (AvgIpc) is 2.90. The predicted octanol–water partition coefficient (Wildman–Crippen LogP) is 1.94. The van der Waals surface area contributed by atoms with E-state index in [-0.39, 0.29) is 11.8 Å². The summed E-state index contributed by atoms with van der Waals surface area (Å²) in [6.45, 7) is 1.82. The summed E-state index contributed by atoms with van der Waals surface area (Å²) in [5.41, 5.74) is 2.98. The Morgan fingerprint density at radius 1 is 1.33 bits per heavy atom. The predicted molar refractivity (Wildman–Crippen MR) is 82.6 cm³/mol. The molecule has 0 fully saturated rings.